The molecule has 0 N–H and O–H groups in total. The Morgan fingerprint density at radius 3 is 2.24 bits per heavy atom. The number of benzene rings is 1. The van der Waals surface area contributed by atoms with E-state index in [2.05, 4.69) is 0 Å². The zero-order valence-corrected chi connectivity index (χ0v) is 15.8. The fourth-order valence-corrected chi connectivity index (χ4v) is 2.93. The molecule has 1 aliphatic rings. The van der Waals surface area contributed by atoms with Crippen molar-refractivity contribution in [2.24, 2.45) is 5.41 Å². The first kappa shape index (κ1) is 19.2. The predicted octanol–water partition coefficient (Wildman–Crippen LogP) is 5.03. The highest BCUT2D eigenvalue weighted by atomic mass is 16.5. The van der Waals surface area contributed by atoms with E-state index in [0.717, 1.165) is 17.2 Å². The van der Waals surface area contributed by atoms with Gasteiger partial charge in [0.1, 0.15) is 5.75 Å². The number of carbonyl (C=O) groups excluding carboxylic acids is 2. The maximum absolute atomic E-state index is 12.2. The van der Waals surface area contributed by atoms with Crippen molar-refractivity contribution in [2.75, 3.05) is 7.11 Å². The molecule has 1 fully saturated rings. The molecule has 4 nitrogen and oxygen atoms in total. The summed E-state index contributed by atoms with van der Waals surface area (Å²) in [6.45, 7) is 5.92. The van der Waals surface area contributed by atoms with Gasteiger partial charge in [-0.2, -0.15) is 0 Å². The van der Waals surface area contributed by atoms with Crippen LogP contribution in [0.3, 0.4) is 0 Å². The maximum atomic E-state index is 12.2. The molecular weight excluding hydrogens is 314 g/mol. The van der Waals surface area contributed by atoms with E-state index in [1.807, 2.05) is 43.5 Å². The molecule has 0 bridgehead atoms. The third kappa shape index (κ3) is 4.94. The molecule has 0 spiro atoms. The van der Waals surface area contributed by atoms with Gasteiger partial charge >= 0.3 is 0 Å². The number of Topliss-reactive ketones (excluding diaryl/α,β-unsaturated/α-hetero) is 1. The summed E-state index contributed by atoms with van der Waals surface area (Å²) in [6, 6.07) is 5.50. The number of hydrogen-bond acceptors (Lipinski definition) is 3. The van der Waals surface area contributed by atoms with Gasteiger partial charge in [0.15, 0.2) is 12.1 Å². The lowest BCUT2D eigenvalue weighted by Gasteiger charge is -2.17. The quantitative estimate of drug-likeness (QED) is 0.732. The summed E-state index contributed by atoms with van der Waals surface area (Å²) in [5.41, 5.74) is 1.02. The number of fused-ring (bicyclic) bond motifs is 1. The Balaban J connectivity index is 0.000000386. The van der Waals surface area contributed by atoms with E-state index < -0.39 is 5.41 Å². The monoisotopic (exact) mass is 343 g/mol. The van der Waals surface area contributed by atoms with Crippen LogP contribution in [0, 0.1) is 5.41 Å². The molecule has 1 aliphatic carbocycles. The summed E-state index contributed by atoms with van der Waals surface area (Å²) in [5.74, 6) is 0.826. The van der Waals surface area contributed by atoms with Crippen LogP contribution in [-0.4, -0.2) is 23.7 Å². The summed E-state index contributed by atoms with van der Waals surface area (Å²) in [4.78, 5) is 23.3. The third-order valence-corrected chi connectivity index (χ3v) is 4.65. The molecular formula is C21H29NO3. The summed E-state index contributed by atoms with van der Waals surface area (Å²) in [6.07, 6.45) is 10.0. The fourth-order valence-electron chi connectivity index (χ4n) is 2.93. The van der Waals surface area contributed by atoms with Gasteiger partial charge in [0.2, 0.25) is 0 Å². The van der Waals surface area contributed by atoms with E-state index in [0.29, 0.717) is 11.3 Å². The molecule has 0 amide bonds. The highest BCUT2D eigenvalue weighted by Crippen LogP contribution is 2.26. The lowest BCUT2D eigenvalue weighted by atomic mass is 9.91. The summed E-state index contributed by atoms with van der Waals surface area (Å²) in [5, 5.41) is 0.836. The molecule has 4 heteroatoms. The number of aldehydes is 1. The molecule has 0 aliphatic heterocycles. The van der Waals surface area contributed by atoms with Gasteiger partial charge in [0.25, 0.3) is 0 Å². The van der Waals surface area contributed by atoms with E-state index >= 15 is 0 Å². The van der Waals surface area contributed by atoms with Gasteiger partial charge in [-0.05, 0) is 12.1 Å². The Morgan fingerprint density at radius 2 is 1.76 bits per heavy atom. The van der Waals surface area contributed by atoms with Crippen LogP contribution in [0.4, 0.5) is 0 Å². The Morgan fingerprint density at radius 1 is 1.16 bits per heavy atom. The lowest BCUT2D eigenvalue weighted by molar-refractivity contribution is -0.126. The Bertz CT molecular complexity index is 726. The summed E-state index contributed by atoms with van der Waals surface area (Å²) in [7, 11) is 1.59. The molecule has 25 heavy (non-hydrogen) atoms. The summed E-state index contributed by atoms with van der Waals surface area (Å²) >= 11 is 0. The first-order chi connectivity index (χ1) is 11.9. The van der Waals surface area contributed by atoms with E-state index in [-0.39, 0.29) is 12.3 Å². The molecule has 0 saturated heterocycles. The molecule has 1 aromatic carbocycles. The van der Waals surface area contributed by atoms with E-state index in [1.54, 1.807) is 13.3 Å². The standard InChI is InChI=1S/C16H19NO3.C5H10/c1-16(2,3)15(19)9-17-8-11(10-18)13-6-5-12(20-4)7-14(13)17;1-2-4-5-3-1/h5-8,10H,9H2,1-4H3;1-5H2. The van der Waals surface area contributed by atoms with Crippen LogP contribution in [0.2, 0.25) is 0 Å². The molecule has 0 unspecified atom stereocenters. The van der Waals surface area contributed by atoms with Gasteiger partial charge in [-0.15, -0.1) is 0 Å². The van der Waals surface area contributed by atoms with Crippen molar-refractivity contribution in [1.29, 1.82) is 0 Å². The van der Waals surface area contributed by atoms with Crippen LogP contribution in [0.5, 0.6) is 5.75 Å². The predicted molar refractivity (Wildman–Crippen MR) is 101 cm³/mol. The first-order valence-corrected chi connectivity index (χ1v) is 9.02. The minimum atomic E-state index is -0.406. The van der Waals surface area contributed by atoms with Crippen LogP contribution in [0.1, 0.15) is 63.2 Å². The zero-order valence-electron chi connectivity index (χ0n) is 15.8. The van der Waals surface area contributed by atoms with Crippen molar-refractivity contribution < 1.29 is 14.3 Å². The van der Waals surface area contributed by atoms with Crippen molar-refractivity contribution >= 4 is 23.0 Å². The second-order valence-electron chi connectivity index (χ2n) is 7.65. The van der Waals surface area contributed by atoms with Crippen LogP contribution in [-0.2, 0) is 11.3 Å². The number of ether oxygens (including phenoxy) is 1. The Labute approximate surface area is 150 Å². The fraction of sp³-hybridized carbons (Fsp3) is 0.524. The Kier molecular flexibility index (Phi) is 6.40. The number of rotatable bonds is 4. The largest absolute Gasteiger partial charge is 0.497 e. The number of carbonyl (C=O) groups is 2. The average molecular weight is 343 g/mol. The Hall–Kier alpha value is -2.10. The molecule has 2 aromatic rings. The van der Waals surface area contributed by atoms with Crippen molar-refractivity contribution in [3.8, 4) is 5.75 Å². The number of ketones is 1. The van der Waals surface area contributed by atoms with Gasteiger partial charge in [0, 0.05) is 28.6 Å². The van der Waals surface area contributed by atoms with Gasteiger partial charge in [0.05, 0.1) is 19.2 Å². The van der Waals surface area contributed by atoms with Crippen LogP contribution in [0.25, 0.3) is 10.9 Å². The molecule has 1 heterocycles. The number of hydrogen-bond donors (Lipinski definition) is 0. The van der Waals surface area contributed by atoms with Crippen molar-refractivity contribution in [1.82, 2.24) is 4.57 Å². The summed E-state index contributed by atoms with van der Waals surface area (Å²) < 4.78 is 7.02. The van der Waals surface area contributed by atoms with Crippen LogP contribution < -0.4 is 4.74 Å². The highest BCUT2D eigenvalue weighted by Gasteiger charge is 2.22. The minimum absolute atomic E-state index is 0.120. The van der Waals surface area contributed by atoms with Crippen molar-refractivity contribution in [3.63, 3.8) is 0 Å². The number of nitrogens with zero attached hydrogens (tertiary/aromatic N) is 1. The van der Waals surface area contributed by atoms with Gasteiger partial charge in [-0.25, -0.2) is 0 Å². The second-order valence-corrected chi connectivity index (χ2v) is 7.65. The molecule has 0 atom stereocenters. The normalized spacial score (nSPS) is 14.1. The van der Waals surface area contributed by atoms with E-state index in [9.17, 15) is 9.59 Å². The first-order valence-electron chi connectivity index (χ1n) is 9.02. The second kappa shape index (κ2) is 8.32. The van der Waals surface area contributed by atoms with Crippen molar-refractivity contribution in [2.45, 2.75) is 59.4 Å². The number of aromatic nitrogens is 1. The van der Waals surface area contributed by atoms with Gasteiger partial charge in [-0.3, -0.25) is 9.59 Å². The molecule has 136 valence electrons. The van der Waals surface area contributed by atoms with Crippen molar-refractivity contribution in [3.05, 3.63) is 30.0 Å². The average Bonchev–Trinajstić information content (AvgIpc) is 3.25. The van der Waals surface area contributed by atoms with E-state index in [4.69, 9.17) is 4.74 Å². The lowest BCUT2D eigenvalue weighted by Crippen LogP contribution is -2.24. The topological polar surface area (TPSA) is 48.3 Å². The highest BCUT2D eigenvalue weighted by molar-refractivity contribution is 5.99. The third-order valence-electron chi connectivity index (χ3n) is 4.65. The van der Waals surface area contributed by atoms with Crippen LogP contribution in [0.15, 0.2) is 24.4 Å². The molecule has 0 radical (unpaired) electrons. The zero-order chi connectivity index (χ0) is 18.4. The molecule has 1 aromatic heterocycles. The van der Waals surface area contributed by atoms with Crippen LogP contribution >= 0.6 is 0 Å². The minimum Gasteiger partial charge on any atom is -0.497 e. The molecule has 1 saturated carbocycles. The maximum Gasteiger partial charge on any atom is 0.157 e. The van der Waals surface area contributed by atoms with E-state index in [1.165, 1.54) is 32.1 Å². The number of methoxy groups -OCH3 is 1. The smallest absolute Gasteiger partial charge is 0.157 e. The van der Waals surface area contributed by atoms with Gasteiger partial charge in [-0.1, -0.05) is 52.9 Å². The molecule has 3 rings (SSSR count). The SMILES string of the molecule is C1CCCC1.COc1ccc2c(C=O)cn(CC(=O)C(C)(C)C)c2c1. The van der Waals surface area contributed by atoms with Gasteiger partial charge < -0.3 is 9.30 Å².